The average Bonchev–Trinajstić information content (AvgIpc) is 2.03. The van der Waals surface area contributed by atoms with Crippen LogP contribution in [0.5, 0.6) is 0 Å². The Labute approximate surface area is 70.8 Å². The molecular formula is C9H23NO. The van der Waals surface area contributed by atoms with Crippen LogP contribution in [-0.2, 0) is 0 Å². The average molecular weight is 161 g/mol. The number of hydrogen-bond donors (Lipinski definition) is 2. The molecule has 0 fully saturated rings. The van der Waals surface area contributed by atoms with Gasteiger partial charge >= 0.3 is 0 Å². The predicted octanol–water partition coefficient (Wildman–Crippen LogP) is 1.77. The molecule has 0 spiro atoms. The Morgan fingerprint density at radius 3 is 1.55 bits per heavy atom. The summed E-state index contributed by atoms with van der Waals surface area (Å²) in [5, 5.41) is 8.38. The highest BCUT2D eigenvalue weighted by Gasteiger charge is 2.02. The maximum absolute atomic E-state index is 8.38. The van der Waals surface area contributed by atoms with Crippen molar-refractivity contribution in [1.82, 2.24) is 0 Å². The maximum atomic E-state index is 8.38. The van der Waals surface area contributed by atoms with Crippen LogP contribution in [0, 0.1) is 5.92 Å². The molecule has 0 aromatic rings. The molecule has 0 aliphatic heterocycles. The lowest BCUT2D eigenvalue weighted by molar-refractivity contribution is 0.238. The van der Waals surface area contributed by atoms with E-state index in [0.717, 1.165) is 0 Å². The van der Waals surface area contributed by atoms with Crippen molar-refractivity contribution in [2.45, 2.75) is 46.6 Å². The van der Waals surface area contributed by atoms with Gasteiger partial charge in [-0.2, -0.15) is 0 Å². The highest BCUT2D eigenvalue weighted by Crippen LogP contribution is 1.94. The summed E-state index contributed by atoms with van der Waals surface area (Å²) in [6.45, 7) is 8.43. The van der Waals surface area contributed by atoms with E-state index in [1.54, 1.807) is 0 Å². The van der Waals surface area contributed by atoms with Gasteiger partial charge in [0.1, 0.15) is 0 Å². The molecule has 0 saturated carbocycles. The van der Waals surface area contributed by atoms with E-state index in [2.05, 4.69) is 13.8 Å². The Bertz CT molecular complexity index is 62.6. The van der Waals surface area contributed by atoms with Gasteiger partial charge in [-0.25, -0.2) is 0 Å². The van der Waals surface area contributed by atoms with Crippen LogP contribution in [0.4, 0.5) is 0 Å². The quantitative estimate of drug-likeness (QED) is 0.662. The van der Waals surface area contributed by atoms with Gasteiger partial charge in [0.15, 0.2) is 0 Å². The summed E-state index contributed by atoms with van der Waals surface area (Å²) in [5.74, 6) is 0.394. The molecule has 0 aromatic heterocycles. The van der Waals surface area contributed by atoms with Crippen LogP contribution in [0.15, 0.2) is 0 Å². The minimum Gasteiger partial charge on any atom is -0.395 e. The van der Waals surface area contributed by atoms with Crippen LogP contribution in [-0.4, -0.2) is 17.8 Å². The van der Waals surface area contributed by atoms with Crippen molar-refractivity contribution < 1.29 is 5.11 Å². The van der Waals surface area contributed by atoms with E-state index in [0.29, 0.717) is 5.92 Å². The lowest BCUT2D eigenvalue weighted by Crippen LogP contribution is -2.29. The Morgan fingerprint density at radius 1 is 1.18 bits per heavy atom. The third-order valence-corrected chi connectivity index (χ3v) is 1.57. The van der Waals surface area contributed by atoms with Gasteiger partial charge in [-0.1, -0.05) is 40.5 Å². The van der Waals surface area contributed by atoms with Crippen LogP contribution in [0.3, 0.4) is 0 Å². The Morgan fingerprint density at radius 2 is 1.55 bits per heavy atom. The molecule has 0 radical (unpaired) electrons. The van der Waals surface area contributed by atoms with Crippen molar-refractivity contribution in [3.05, 3.63) is 0 Å². The third-order valence-electron chi connectivity index (χ3n) is 1.57. The first-order valence-corrected chi connectivity index (χ1v) is 4.46. The number of rotatable bonds is 3. The molecule has 0 rings (SSSR count). The lowest BCUT2D eigenvalue weighted by Gasteiger charge is -2.10. The summed E-state index contributed by atoms with van der Waals surface area (Å²) in [6.07, 6.45) is 2.64. The highest BCUT2D eigenvalue weighted by molar-refractivity contribution is 4.61. The molecule has 0 unspecified atom stereocenters. The van der Waals surface area contributed by atoms with E-state index in [4.69, 9.17) is 10.8 Å². The summed E-state index contributed by atoms with van der Waals surface area (Å²) >= 11 is 0. The Hall–Kier alpha value is -0.0800. The fourth-order valence-electron chi connectivity index (χ4n) is 0.211. The van der Waals surface area contributed by atoms with E-state index in [1.165, 1.54) is 12.8 Å². The molecule has 0 aliphatic rings. The predicted molar refractivity (Wildman–Crippen MR) is 50.5 cm³/mol. The second kappa shape index (κ2) is 9.92. The number of aliphatic hydroxyl groups is 1. The third kappa shape index (κ3) is 13.0. The maximum Gasteiger partial charge on any atom is 0.0585 e. The van der Waals surface area contributed by atoms with Crippen molar-refractivity contribution in [1.29, 1.82) is 0 Å². The van der Waals surface area contributed by atoms with E-state index < -0.39 is 0 Å². The molecule has 0 aromatic carbocycles. The summed E-state index contributed by atoms with van der Waals surface area (Å²) < 4.78 is 0. The zero-order chi connectivity index (χ0) is 9.28. The van der Waals surface area contributed by atoms with Crippen LogP contribution in [0.2, 0.25) is 0 Å². The highest BCUT2D eigenvalue weighted by atomic mass is 16.3. The summed E-state index contributed by atoms with van der Waals surface area (Å²) in [6, 6.07) is -0.0417. The monoisotopic (exact) mass is 161 g/mol. The van der Waals surface area contributed by atoms with E-state index in [-0.39, 0.29) is 12.6 Å². The van der Waals surface area contributed by atoms with Crippen LogP contribution >= 0.6 is 0 Å². The molecule has 0 saturated heterocycles. The van der Waals surface area contributed by atoms with E-state index in [1.807, 2.05) is 13.8 Å². The normalized spacial score (nSPS) is 12.3. The van der Waals surface area contributed by atoms with Gasteiger partial charge in [0.2, 0.25) is 0 Å². The SMILES string of the molecule is CC(C)[C@H](N)CO.CCCC. The summed E-state index contributed by atoms with van der Waals surface area (Å²) in [7, 11) is 0. The van der Waals surface area contributed by atoms with Crippen molar-refractivity contribution >= 4 is 0 Å². The fraction of sp³-hybridized carbons (Fsp3) is 1.00. The van der Waals surface area contributed by atoms with Crippen molar-refractivity contribution in [2.75, 3.05) is 6.61 Å². The Kier molecular flexibility index (Phi) is 12.2. The van der Waals surface area contributed by atoms with E-state index in [9.17, 15) is 0 Å². The second-order valence-corrected chi connectivity index (χ2v) is 3.09. The van der Waals surface area contributed by atoms with Crippen molar-refractivity contribution in [3.63, 3.8) is 0 Å². The van der Waals surface area contributed by atoms with Gasteiger partial charge in [-0.15, -0.1) is 0 Å². The number of unbranched alkanes of at least 4 members (excludes halogenated alkanes) is 1. The van der Waals surface area contributed by atoms with Gasteiger partial charge in [0.25, 0.3) is 0 Å². The van der Waals surface area contributed by atoms with E-state index >= 15 is 0 Å². The van der Waals surface area contributed by atoms with Crippen LogP contribution < -0.4 is 5.73 Å². The molecule has 0 bridgehead atoms. The van der Waals surface area contributed by atoms with Crippen molar-refractivity contribution in [2.24, 2.45) is 11.7 Å². The molecule has 1 atom stereocenters. The molecule has 3 N–H and O–H groups in total. The zero-order valence-electron chi connectivity index (χ0n) is 8.30. The lowest BCUT2D eigenvalue weighted by atomic mass is 10.1. The first-order chi connectivity index (χ1) is 5.09. The van der Waals surface area contributed by atoms with Crippen molar-refractivity contribution in [3.8, 4) is 0 Å². The number of aliphatic hydroxyl groups excluding tert-OH is 1. The first kappa shape index (κ1) is 13.5. The molecule has 0 heterocycles. The number of nitrogens with two attached hydrogens (primary N) is 1. The van der Waals surface area contributed by atoms with Gasteiger partial charge in [-0.3, -0.25) is 0 Å². The summed E-state index contributed by atoms with van der Waals surface area (Å²) in [4.78, 5) is 0. The minimum atomic E-state index is -0.0417. The van der Waals surface area contributed by atoms with Gasteiger partial charge < -0.3 is 10.8 Å². The number of hydrogen-bond acceptors (Lipinski definition) is 2. The van der Waals surface area contributed by atoms with Gasteiger partial charge in [0.05, 0.1) is 6.61 Å². The molecule has 0 aliphatic carbocycles. The zero-order valence-corrected chi connectivity index (χ0v) is 8.30. The molecule has 2 heteroatoms. The van der Waals surface area contributed by atoms with Gasteiger partial charge in [-0.05, 0) is 5.92 Å². The standard InChI is InChI=1S/C5H13NO.C4H10/c1-4(2)5(6)3-7;1-3-4-2/h4-5,7H,3,6H2,1-2H3;3-4H2,1-2H3/t5-;/m1./s1. The molecular weight excluding hydrogens is 138 g/mol. The topological polar surface area (TPSA) is 46.2 Å². The van der Waals surface area contributed by atoms with Crippen LogP contribution in [0.1, 0.15) is 40.5 Å². The minimum absolute atomic E-state index is 0.0417. The fourth-order valence-corrected chi connectivity index (χ4v) is 0.211. The summed E-state index contributed by atoms with van der Waals surface area (Å²) in [5.41, 5.74) is 5.37. The Balaban J connectivity index is 0. The first-order valence-electron chi connectivity index (χ1n) is 4.46. The molecule has 11 heavy (non-hydrogen) atoms. The van der Waals surface area contributed by atoms with Crippen LogP contribution in [0.25, 0.3) is 0 Å². The molecule has 2 nitrogen and oxygen atoms in total. The van der Waals surface area contributed by atoms with Gasteiger partial charge in [0, 0.05) is 6.04 Å². The second-order valence-electron chi connectivity index (χ2n) is 3.09. The largest absolute Gasteiger partial charge is 0.395 e. The smallest absolute Gasteiger partial charge is 0.0585 e. The molecule has 70 valence electrons. The molecule has 0 amide bonds.